The highest BCUT2D eigenvalue weighted by molar-refractivity contribution is 6.33. The first kappa shape index (κ1) is 13.6. The van der Waals surface area contributed by atoms with Crippen LogP contribution in [0.5, 0.6) is 0 Å². The van der Waals surface area contributed by atoms with Gasteiger partial charge in [0.15, 0.2) is 0 Å². The zero-order chi connectivity index (χ0) is 14.1. The van der Waals surface area contributed by atoms with Gasteiger partial charge in [-0.3, -0.25) is 4.79 Å². The van der Waals surface area contributed by atoms with Crippen LogP contribution in [0.4, 0.5) is 10.1 Å². The van der Waals surface area contributed by atoms with E-state index in [9.17, 15) is 9.18 Å². The topological polar surface area (TPSA) is 35.6 Å². The molecule has 2 aliphatic rings. The monoisotopic (exact) mass is 297 g/mol. The van der Waals surface area contributed by atoms with Gasteiger partial charge in [0.1, 0.15) is 5.82 Å². The van der Waals surface area contributed by atoms with Crippen LogP contribution in [-0.2, 0) is 4.79 Å². The maximum absolute atomic E-state index is 13.1. The summed E-state index contributed by atoms with van der Waals surface area (Å²) in [5, 5.41) is 3.54. The summed E-state index contributed by atoms with van der Waals surface area (Å²) in [6, 6.07) is 4.44. The first-order valence-electron chi connectivity index (χ1n) is 6.84. The average Bonchev–Trinajstić information content (AvgIpc) is 2.37. The van der Waals surface area contributed by atoms with Crippen LogP contribution in [-0.4, -0.2) is 50.1 Å². The highest BCUT2D eigenvalue weighted by atomic mass is 35.5. The van der Waals surface area contributed by atoms with Crippen molar-refractivity contribution in [2.45, 2.75) is 0 Å². The molecule has 1 N–H and O–H groups in total. The Morgan fingerprint density at radius 1 is 1.25 bits per heavy atom. The fraction of sp³-hybridized carbons (Fsp3) is 0.500. The van der Waals surface area contributed by atoms with Gasteiger partial charge in [0.05, 0.1) is 16.6 Å². The van der Waals surface area contributed by atoms with Gasteiger partial charge >= 0.3 is 0 Å². The predicted octanol–water partition coefficient (Wildman–Crippen LogP) is 1.35. The molecule has 0 unspecified atom stereocenters. The van der Waals surface area contributed by atoms with Crippen LogP contribution in [0.3, 0.4) is 0 Å². The van der Waals surface area contributed by atoms with Crippen LogP contribution in [0.1, 0.15) is 0 Å². The van der Waals surface area contributed by atoms with Crippen molar-refractivity contribution >= 4 is 23.2 Å². The van der Waals surface area contributed by atoms with E-state index in [1.807, 2.05) is 4.90 Å². The number of amides is 1. The van der Waals surface area contributed by atoms with Crippen LogP contribution in [0.2, 0.25) is 5.02 Å². The maximum atomic E-state index is 13.1. The molecule has 1 aromatic carbocycles. The summed E-state index contributed by atoms with van der Waals surface area (Å²) >= 11 is 6.07. The lowest BCUT2D eigenvalue weighted by atomic mass is 10.0. The van der Waals surface area contributed by atoms with Crippen molar-refractivity contribution in [1.82, 2.24) is 10.2 Å². The summed E-state index contributed by atoms with van der Waals surface area (Å²) in [7, 11) is 0. The minimum absolute atomic E-state index is 0.149. The van der Waals surface area contributed by atoms with Gasteiger partial charge in [-0.25, -0.2) is 4.39 Å². The largest absolute Gasteiger partial charge is 0.367 e. The fourth-order valence-corrected chi connectivity index (χ4v) is 2.91. The minimum atomic E-state index is -0.329. The van der Waals surface area contributed by atoms with Crippen molar-refractivity contribution in [2.75, 3.05) is 44.2 Å². The average molecular weight is 298 g/mol. The molecule has 2 fully saturated rings. The lowest BCUT2D eigenvalue weighted by molar-refractivity contribution is -0.137. The zero-order valence-electron chi connectivity index (χ0n) is 11.1. The van der Waals surface area contributed by atoms with Crippen molar-refractivity contribution in [3.05, 3.63) is 29.0 Å². The van der Waals surface area contributed by atoms with Crippen LogP contribution in [0.25, 0.3) is 0 Å². The number of hydrogen-bond donors (Lipinski definition) is 1. The van der Waals surface area contributed by atoms with E-state index in [1.165, 1.54) is 12.1 Å². The number of nitrogens with zero attached hydrogens (tertiary/aromatic N) is 2. The first-order chi connectivity index (χ1) is 9.65. The second kappa shape index (κ2) is 5.58. The first-order valence-corrected chi connectivity index (χ1v) is 7.22. The predicted molar refractivity (Wildman–Crippen MR) is 76.6 cm³/mol. The van der Waals surface area contributed by atoms with Gasteiger partial charge in [-0.15, -0.1) is 0 Å². The van der Waals surface area contributed by atoms with E-state index < -0.39 is 0 Å². The Kier molecular flexibility index (Phi) is 3.81. The van der Waals surface area contributed by atoms with Crippen molar-refractivity contribution in [2.24, 2.45) is 5.92 Å². The second-order valence-electron chi connectivity index (χ2n) is 5.26. The quantitative estimate of drug-likeness (QED) is 0.895. The molecule has 6 heteroatoms. The molecule has 108 valence electrons. The number of halogens is 2. The smallest absolute Gasteiger partial charge is 0.228 e. The number of nitrogens with one attached hydrogen (secondary N) is 1. The van der Waals surface area contributed by atoms with E-state index in [0.29, 0.717) is 18.1 Å². The molecule has 2 saturated heterocycles. The third kappa shape index (κ3) is 2.60. The van der Waals surface area contributed by atoms with E-state index in [1.54, 1.807) is 6.07 Å². The summed E-state index contributed by atoms with van der Waals surface area (Å²) in [4.78, 5) is 16.1. The van der Waals surface area contributed by atoms with Crippen LogP contribution in [0, 0.1) is 11.7 Å². The van der Waals surface area contributed by atoms with Crippen molar-refractivity contribution in [3.63, 3.8) is 0 Å². The Labute approximate surface area is 122 Å². The van der Waals surface area contributed by atoms with Gasteiger partial charge < -0.3 is 15.1 Å². The second-order valence-corrected chi connectivity index (χ2v) is 5.67. The summed E-state index contributed by atoms with van der Waals surface area (Å²) < 4.78 is 13.1. The Hall–Kier alpha value is -1.33. The zero-order valence-corrected chi connectivity index (χ0v) is 11.9. The number of benzene rings is 1. The Morgan fingerprint density at radius 3 is 2.50 bits per heavy atom. The van der Waals surface area contributed by atoms with Crippen LogP contribution < -0.4 is 10.2 Å². The van der Waals surface area contributed by atoms with Crippen LogP contribution in [0.15, 0.2) is 18.2 Å². The molecule has 1 amide bonds. The molecule has 0 aliphatic carbocycles. The molecule has 0 atom stereocenters. The number of rotatable bonds is 2. The molecule has 2 heterocycles. The highest BCUT2D eigenvalue weighted by Gasteiger charge is 2.31. The van der Waals surface area contributed by atoms with E-state index in [2.05, 4.69) is 10.2 Å². The highest BCUT2D eigenvalue weighted by Crippen LogP contribution is 2.27. The van der Waals surface area contributed by atoms with E-state index in [-0.39, 0.29) is 17.6 Å². The third-order valence-corrected chi connectivity index (χ3v) is 4.28. The Morgan fingerprint density at radius 2 is 1.95 bits per heavy atom. The summed E-state index contributed by atoms with van der Waals surface area (Å²) in [5.41, 5.74) is 0.838. The molecule has 20 heavy (non-hydrogen) atoms. The number of carbonyl (C=O) groups excluding carboxylic acids is 1. The normalized spacial score (nSPS) is 19.9. The number of hydrogen-bond acceptors (Lipinski definition) is 3. The van der Waals surface area contributed by atoms with Gasteiger partial charge in [-0.1, -0.05) is 11.6 Å². The van der Waals surface area contributed by atoms with Gasteiger partial charge in [0, 0.05) is 39.3 Å². The molecule has 0 radical (unpaired) electrons. The molecule has 0 aromatic heterocycles. The molecule has 0 saturated carbocycles. The molecular formula is C14H17ClFN3O. The third-order valence-electron chi connectivity index (χ3n) is 3.97. The van der Waals surface area contributed by atoms with E-state index in [4.69, 9.17) is 11.6 Å². The van der Waals surface area contributed by atoms with Crippen molar-refractivity contribution in [1.29, 1.82) is 0 Å². The van der Waals surface area contributed by atoms with Crippen LogP contribution >= 0.6 is 11.6 Å². The van der Waals surface area contributed by atoms with Gasteiger partial charge in [0.25, 0.3) is 0 Å². The van der Waals surface area contributed by atoms with Gasteiger partial charge in [-0.05, 0) is 18.2 Å². The number of piperazine rings is 1. The maximum Gasteiger partial charge on any atom is 0.228 e. The number of anilines is 1. The molecule has 0 bridgehead atoms. The number of carbonyl (C=O) groups is 1. The van der Waals surface area contributed by atoms with Crippen molar-refractivity contribution in [3.8, 4) is 0 Å². The summed E-state index contributed by atoms with van der Waals surface area (Å²) in [6.07, 6.45) is 0. The molecule has 4 nitrogen and oxygen atoms in total. The standard InChI is InChI=1S/C14H17ClFN3O/c15-12-7-11(16)1-2-13(12)18-3-5-19(6-4-18)14(20)10-8-17-9-10/h1-2,7,10,17H,3-6,8-9H2. The van der Waals surface area contributed by atoms with Gasteiger partial charge in [-0.2, -0.15) is 0 Å². The molecular weight excluding hydrogens is 281 g/mol. The fourth-order valence-electron chi connectivity index (χ4n) is 2.63. The molecule has 2 aliphatic heterocycles. The SMILES string of the molecule is O=C(C1CNC1)N1CCN(c2ccc(F)cc2Cl)CC1. The lowest BCUT2D eigenvalue weighted by Crippen LogP contribution is -2.56. The molecule has 3 rings (SSSR count). The molecule has 1 aromatic rings. The molecule has 0 spiro atoms. The Bertz CT molecular complexity index is 513. The van der Waals surface area contributed by atoms with E-state index in [0.717, 1.165) is 31.9 Å². The van der Waals surface area contributed by atoms with Gasteiger partial charge in [0.2, 0.25) is 5.91 Å². The summed E-state index contributed by atoms with van der Waals surface area (Å²) in [6.45, 7) is 4.45. The Balaban J connectivity index is 1.61. The van der Waals surface area contributed by atoms with E-state index >= 15 is 0 Å². The van der Waals surface area contributed by atoms with Crippen molar-refractivity contribution < 1.29 is 9.18 Å². The lowest BCUT2D eigenvalue weighted by Gasteiger charge is -2.39. The summed E-state index contributed by atoms with van der Waals surface area (Å²) in [5.74, 6) is 0.0645. The minimum Gasteiger partial charge on any atom is -0.367 e.